The Kier molecular flexibility index (Phi) is 3.43. The van der Waals surface area contributed by atoms with Crippen molar-refractivity contribution in [3.05, 3.63) is 29.3 Å². The molecule has 0 aromatic heterocycles. The Hall–Kier alpha value is -1.02. The van der Waals surface area contributed by atoms with Gasteiger partial charge in [0.05, 0.1) is 6.10 Å². The molecule has 1 aliphatic rings. The van der Waals surface area contributed by atoms with Crippen LogP contribution in [0.3, 0.4) is 0 Å². The molecule has 2 nitrogen and oxygen atoms in total. The van der Waals surface area contributed by atoms with E-state index in [1.165, 1.54) is 16.8 Å². The highest BCUT2D eigenvalue weighted by Gasteiger charge is 2.27. The van der Waals surface area contributed by atoms with Crippen molar-refractivity contribution in [2.24, 2.45) is 0 Å². The molecule has 0 bridgehead atoms. The Morgan fingerprint density at radius 3 is 2.65 bits per heavy atom. The SMILES string of the molecule is CC(O)Cc1ccc2c(c1)C(C)CN2C(C)C. The van der Waals surface area contributed by atoms with Gasteiger partial charge in [0.2, 0.25) is 0 Å². The van der Waals surface area contributed by atoms with Crippen molar-refractivity contribution < 1.29 is 5.11 Å². The van der Waals surface area contributed by atoms with E-state index in [-0.39, 0.29) is 6.10 Å². The summed E-state index contributed by atoms with van der Waals surface area (Å²) in [5, 5.41) is 9.45. The summed E-state index contributed by atoms with van der Waals surface area (Å²) in [6.45, 7) is 9.73. The third-order valence-corrected chi connectivity index (χ3v) is 3.56. The van der Waals surface area contributed by atoms with Gasteiger partial charge in [-0.15, -0.1) is 0 Å². The van der Waals surface area contributed by atoms with Crippen LogP contribution in [0.1, 0.15) is 44.7 Å². The summed E-state index contributed by atoms with van der Waals surface area (Å²) >= 11 is 0. The quantitative estimate of drug-likeness (QED) is 0.867. The molecule has 17 heavy (non-hydrogen) atoms. The lowest BCUT2D eigenvalue weighted by atomic mass is 9.99. The summed E-state index contributed by atoms with van der Waals surface area (Å²) in [5.74, 6) is 0.598. The lowest BCUT2D eigenvalue weighted by Gasteiger charge is -2.24. The van der Waals surface area contributed by atoms with Gasteiger partial charge in [0, 0.05) is 24.2 Å². The molecule has 1 aromatic carbocycles. The predicted octanol–water partition coefficient (Wildman–Crippen LogP) is 2.94. The maximum atomic E-state index is 9.45. The molecule has 2 rings (SSSR count). The van der Waals surface area contributed by atoms with Crippen molar-refractivity contribution in [3.8, 4) is 0 Å². The number of nitrogens with zero attached hydrogens (tertiary/aromatic N) is 1. The smallest absolute Gasteiger partial charge is 0.0552 e. The highest BCUT2D eigenvalue weighted by Crippen LogP contribution is 2.37. The second-order valence-corrected chi connectivity index (χ2v) is 5.59. The van der Waals surface area contributed by atoms with Crippen molar-refractivity contribution >= 4 is 5.69 Å². The maximum Gasteiger partial charge on any atom is 0.0552 e. The Morgan fingerprint density at radius 2 is 2.06 bits per heavy atom. The first-order chi connectivity index (χ1) is 7.99. The van der Waals surface area contributed by atoms with Gasteiger partial charge in [0.15, 0.2) is 0 Å². The summed E-state index contributed by atoms with van der Waals surface area (Å²) in [6.07, 6.45) is 0.493. The van der Waals surface area contributed by atoms with Crippen molar-refractivity contribution in [1.82, 2.24) is 0 Å². The van der Waals surface area contributed by atoms with E-state index in [0.717, 1.165) is 13.0 Å². The van der Waals surface area contributed by atoms with Crippen LogP contribution in [0, 0.1) is 0 Å². The van der Waals surface area contributed by atoms with Crippen LogP contribution in [-0.4, -0.2) is 23.8 Å². The Bertz CT molecular complexity index is 398. The fourth-order valence-corrected chi connectivity index (χ4v) is 2.71. The second kappa shape index (κ2) is 4.69. The van der Waals surface area contributed by atoms with E-state index in [2.05, 4.69) is 43.9 Å². The molecular weight excluding hydrogens is 210 g/mol. The molecule has 0 saturated carbocycles. The third-order valence-electron chi connectivity index (χ3n) is 3.56. The fourth-order valence-electron chi connectivity index (χ4n) is 2.71. The van der Waals surface area contributed by atoms with Crippen LogP contribution in [0.15, 0.2) is 18.2 Å². The molecule has 0 radical (unpaired) electrons. The number of rotatable bonds is 3. The van der Waals surface area contributed by atoms with Crippen LogP contribution < -0.4 is 4.90 Å². The Balaban J connectivity index is 2.30. The zero-order chi connectivity index (χ0) is 12.6. The Morgan fingerprint density at radius 1 is 1.35 bits per heavy atom. The molecule has 94 valence electrons. The molecule has 1 N–H and O–H groups in total. The van der Waals surface area contributed by atoms with E-state index < -0.39 is 0 Å². The van der Waals surface area contributed by atoms with Crippen molar-refractivity contribution in [2.75, 3.05) is 11.4 Å². The van der Waals surface area contributed by atoms with Crippen LogP contribution in [-0.2, 0) is 6.42 Å². The van der Waals surface area contributed by atoms with Crippen molar-refractivity contribution in [1.29, 1.82) is 0 Å². The molecule has 0 aliphatic carbocycles. The van der Waals surface area contributed by atoms with E-state index in [1.807, 2.05) is 6.92 Å². The Labute approximate surface area is 104 Å². The first-order valence-electron chi connectivity index (χ1n) is 6.56. The zero-order valence-electron chi connectivity index (χ0n) is 11.3. The molecule has 2 atom stereocenters. The van der Waals surface area contributed by atoms with E-state index >= 15 is 0 Å². The first-order valence-corrected chi connectivity index (χ1v) is 6.56. The van der Waals surface area contributed by atoms with Gasteiger partial charge >= 0.3 is 0 Å². The molecule has 0 fully saturated rings. The number of anilines is 1. The van der Waals surface area contributed by atoms with Crippen LogP contribution in [0.5, 0.6) is 0 Å². The fraction of sp³-hybridized carbons (Fsp3) is 0.600. The lowest BCUT2D eigenvalue weighted by Crippen LogP contribution is -2.28. The highest BCUT2D eigenvalue weighted by molar-refractivity contribution is 5.61. The van der Waals surface area contributed by atoms with Crippen LogP contribution in [0.2, 0.25) is 0 Å². The monoisotopic (exact) mass is 233 g/mol. The zero-order valence-corrected chi connectivity index (χ0v) is 11.3. The molecule has 0 amide bonds. The summed E-state index contributed by atoms with van der Waals surface area (Å²) in [5.41, 5.74) is 4.06. The third kappa shape index (κ3) is 2.47. The van der Waals surface area contributed by atoms with Crippen LogP contribution in [0.25, 0.3) is 0 Å². The standard InChI is InChI=1S/C15H23NO/c1-10(2)16-9-11(3)14-8-13(7-12(4)17)5-6-15(14)16/h5-6,8,10-12,17H,7,9H2,1-4H3. The van der Waals surface area contributed by atoms with Gasteiger partial charge in [0.25, 0.3) is 0 Å². The second-order valence-electron chi connectivity index (χ2n) is 5.59. The maximum absolute atomic E-state index is 9.45. The van der Waals surface area contributed by atoms with Crippen molar-refractivity contribution in [2.45, 2.75) is 52.2 Å². The van der Waals surface area contributed by atoms with Crippen LogP contribution >= 0.6 is 0 Å². The summed E-state index contributed by atoms with van der Waals surface area (Å²) in [4.78, 5) is 2.46. The minimum absolute atomic E-state index is 0.258. The number of aliphatic hydroxyl groups is 1. The highest BCUT2D eigenvalue weighted by atomic mass is 16.3. The van der Waals surface area contributed by atoms with Gasteiger partial charge in [-0.3, -0.25) is 0 Å². The van der Waals surface area contributed by atoms with Gasteiger partial charge < -0.3 is 10.0 Å². The van der Waals surface area contributed by atoms with Gasteiger partial charge in [-0.2, -0.15) is 0 Å². The van der Waals surface area contributed by atoms with Crippen molar-refractivity contribution in [3.63, 3.8) is 0 Å². The first kappa shape index (κ1) is 12.4. The minimum Gasteiger partial charge on any atom is -0.393 e. The number of benzene rings is 1. The van der Waals surface area contributed by atoms with E-state index in [9.17, 15) is 5.11 Å². The molecule has 1 heterocycles. The van der Waals surface area contributed by atoms with E-state index in [4.69, 9.17) is 0 Å². The van der Waals surface area contributed by atoms with Gasteiger partial charge in [0.1, 0.15) is 0 Å². The molecule has 2 heteroatoms. The van der Waals surface area contributed by atoms with Gasteiger partial charge in [-0.1, -0.05) is 19.1 Å². The molecule has 2 unspecified atom stereocenters. The summed E-state index contributed by atoms with van der Waals surface area (Å²) in [6, 6.07) is 7.20. The topological polar surface area (TPSA) is 23.5 Å². The van der Waals surface area contributed by atoms with Gasteiger partial charge in [-0.25, -0.2) is 0 Å². The molecule has 1 aliphatic heterocycles. The molecule has 0 saturated heterocycles. The van der Waals surface area contributed by atoms with Gasteiger partial charge in [-0.05, 0) is 44.4 Å². The predicted molar refractivity (Wildman–Crippen MR) is 72.7 cm³/mol. The molecular formula is C15H23NO. The molecule has 1 aromatic rings. The minimum atomic E-state index is -0.258. The number of hydrogen-bond acceptors (Lipinski definition) is 2. The normalized spacial score (nSPS) is 20.8. The largest absolute Gasteiger partial charge is 0.393 e. The summed E-state index contributed by atoms with van der Waals surface area (Å²) < 4.78 is 0. The molecule has 0 spiro atoms. The average molecular weight is 233 g/mol. The average Bonchev–Trinajstić information content (AvgIpc) is 2.55. The summed E-state index contributed by atoms with van der Waals surface area (Å²) in [7, 11) is 0. The van der Waals surface area contributed by atoms with Crippen LogP contribution in [0.4, 0.5) is 5.69 Å². The number of aliphatic hydroxyl groups excluding tert-OH is 1. The lowest BCUT2D eigenvalue weighted by molar-refractivity contribution is 0.195. The van der Waals surface area contributed by atoms with E-state index in [0.29, 0.717) is 12.0 Å². The number of fused-ring (bicyclic) bond motifs is 1. The number of hydrogen-bond donors (Lipinski definition) is 1. The van der Waals surface area contributed by atoms with E-state index in [1.54, 1.807) is 0 Å².